The van der Waals surface area contributed by atoms with Crippen molar-refractivity contribution in [3.05, 3.63) is 40.4 Å². The third kappa shape index (κ3) is 2.72. The highest BCUT2D eigenvalue weighted by Gasteiger charge is 2.22. The van der Waals surface area contributed by atoms with E-state index in [1.54, 1.807) is 6.07 Å². The number of nitrogens with zero attached hydrogens (tertiary/aromatic N) is 2. The number of para-hydroxylation sites is 2. The topological polar surface area (TPSA) is 63.4 Å². The summed E-state index contributed by atoms with van der Waals surface area (Å²) in [6.45, 7) is 1.40. The summed E-state index contributed by atoms with van der Waals surface area (Å²) in [6.07, 6.45) is 0.862. The average molecular weight is 325 g/mol. The number of hydrogen-bond donors (Lipinski definition) is 2. The van der Waals surface area contributed by atoms with E-state index in [1.165, 1.54) is 0 Å². The Hall–Kier alpha value is -1.69. The predicted octanol–water partition coefficient (Wildman–Crippen LogP) is 3.59. The number of anilines is 3. The van der Waals surface area contributed by atoms with Crippen molar-refractivity contribution in [2.75, 3.05) is 23.5 Å². The van der Waals surface area contributed by atoms with E-state index in [-0.39, 0.29) is 0 Å². The molecule has 0 spiro atoms. The van der Waals surface area contributed by atoms with E-state index in [0.29, 0.717) is 28.3 Å². The van der Waals surface area contributed by atoms with Gasteiger partial charge in [0.2, 0.25) is 0 Å². The number of hydrogen-bond acceptors (Lipinski definition) is 5. The molecule has 0 radical (unpaired) electrons. The van der Waals surface area contributed by atoms with Crippen molar-refractivity contribution in [1.82, 2.24) is 4.98 Å². The molecule has 0 fully saturated rings. The van der Waals surface area contributed by atoms with Gasteiger partial charge in [0.05, 0.1) is 22.3 Å². The Morgan fingerprint density at radius 1 is 1.24 bits per heavy atom. The quantitative estimate of drug-likeness (QED) is 0.652. The molecule has 1 aliphatic heterocycles. The summed E-state index contributed by atoms with van der Waals surface area (Å²) < 4.78 is 5.74. The number of rotatable bonds is 2. The van der Waals surface area contributed by atoms with E-state index in [1.807, 2.05) is 29.2 Å². The molecule has 2 heterocycles. The van der Waals surface area contributed by atoms with E-state index in [2.05, 4.69) is 10.4 Å². The van der Waals surface area contributed by atoms with Gasteiger partial charge >= 0.3 is 0 Å². The maximum Gasteiger partial charge on any atom is 0.161 e. The van der Waals surface area contributed by atoms with Crippen LogP contribution in [0.4, 0.5) is 17.3 Å². The number of nitrogen functional groups attached to an aromatic ring is 1. The summed E-state index contributed by atoms with van der Waals surface area (Å²) in [4.78, 5) is 6.44. The van der Waals surface area contributed by atoms with Crippen molar-refractivity contribution in [2.24, 2.45) is 5.84 Å². The van der Waals surface area contributed by atoms with Crippen molar-refractivity contribution in [2.45, 2.75) is 6.42 Å². The zero-order valence-corrected chi connectivity index (χ0v) is 12.7. The molecule has 3 rings (SSSR count). The summed E-state index contributed by atoms with van der Waals surface area (Å²) in [6, 6.07) is 9.43. The maximum atomic E-state index is 6.31. The van der Waals surface area contributed by atoms with Gasteiger partial charge in [-0.05, 0) is 24.6 Å². The van der Waals surface area contributed by atoms with Gasteiger partial charge in [-0.2, -0.15) is 0 Å². The summed E-state index contributed by atoms with van der Waals surface area (Å²) in [5.74, 6) is 7.24. The van der Waals surface area contributed by atoms with E-state index in [9.17, 15) is 0 Å². The molecule has 0 atom stereocenters. The minimum absolute atomic E-state index is 0.380. The van der Waals surface area contributed by atoms with Crippen LogP contribution in [0.3, 0.4) is 0 Å². The molecule has 0 amide bonds. The Labute approximate surface area is 132 Å². The van der Waals surface area contributed by atoms with E-state index < -0.39 is 0 Å². The van der Waals surface area contributed by atoms with Crippen LogP contribution in [0.2, 0.25) is 10.0 Å². The Morgan fingerprint density at radius 2 is 2.05 bits per heavy atom. The summed E-state index contributed by atoms with van der Waals surface area (Å²) in [5, 5.41) is 0.848. The van der Waals surface area contributed by atoms with Gasteiger partial charge in [-0.3, -0.25) is 0 Å². The molecule has 0 bridgehead atoms. The fraction of sp³-hybridized carbons (Fsp3) is 0.214. The Balaban J connectivity index is 2.12. The zero-order chi connectivity index (χ0) is 14.8. The van der Waals surface area contributed by atoms with Gasteiger partial charge in [0.15, 0.2) is 11.6 Å². The van der Waals surface area contributed by atoms with Crippen LogP contribution in [-0.4, -0.2) is 18.1 Å². The molecule has 1 aliphatic rings. The van der Waals surface area contributed by atoms with E-state index >= 15 is 0 Å². The van der Waals surface area contributed by atoms with Crippen molar-refractivity contribution in [1.29, 1.82) is 0 Å². The van der Waals surface area contributed by atoms with Crippen LogP contribution < -0.4 is 20.9 Å². The van der Waals surface area contributed by atoms with Crippen LogP contribution in [0.25, 0.3) is 0 Å². The number of hydrazine groups is 1. The standard InChI is InChI=1S/C14H14Cl2N4O/c15-9-8-10(16)14(18-13(9)19-17)20-6-3-7-21-12-5-2-1-4-11(12)20/h1-2,4-5,8H,3,6-7,17H2,(H,18,19). The van der Waals surface area contributed by atoms with Gasteiger partial charge in [-0.15, -0.1) is 0 Å². The zero-order valence-electron chi connectivity index (χ0n) is 11.1. The monoisotopic (exact) mass is 324 g/mol. The highest BCUT2D eigenvalue weighted by Crippen LogP contribution is 2.39. The highest BCUT2D eigenvalue weighted by atomic mass is 35.5. The molecule has 1 aromatic heterocycles. The lowest BCUT2D eigenvalue weighted by molar-refractivity contribution is 0.322. The van der Waals surface area contributed by atoms with Gasteiger partial charge in [0, 0.05) is 6.54 Å². The molecule has 0 unspecified atom stereocenters. The van der Waals surface area contributed by atoms with E-state index in [0.717, 1.165) is 24.4 Å². The van der Waals surface area contributed by atoms with Gasteiger partial charge in [-0.1, -0.05) is 35.3 Å². The fourth-order valence-corrected chi connectivity index (χ4v) is 2.81. The molecule has 0 saturated heterocycles. The first-order valence-corrected chi connectivity index (χ1v) is 7.28. The molecule has 5 nitrogen and oxygen atoms in total. The highest BCUT2D eigenvalue weighted by molar-refractivity contribution is 6.37. The molecular weight excluding hydrogens is 311 g/mol. The summed E-state index contributed by atoms with van der Waals surface area (Å²) in [5.41, 5.74) is 3.41. The van der Waals surface area contributed by atoms with Gasteiger partial charge < -0.3 is 15.1 Å². The van der Waals surface area contributed by atoms with Gasteiger partial charge in [0.25, 0.3) is 0 Å². The normalized spacial score (nSPS) is 14.1. The first kappa shape index (κ1) is 14.3. The number of aromatic nitrogens is 1. The van der Waals surface area contributed by atoms with Crippen LogP contribution in [0.1, 0.15) is 6.42 Å². The molecule has 7 heteroatoms. The lowest BCUT2D eigenvalue weighted by Crippen LogP contribution is -2.20. The second-order valence-corrected chi connectivity index (χ2v) is 5.40. The number of pyridine rings is 1. The minimum Gasteiger partial charge on any atom is -0.491 e. The first-order chi connectivity index (χ1) is 10.2. The number of nitrogens with one attached hydrogen (secondary N) is 1. The minimum atomic E-state index is 0.380. The summed E-state index contributed by atoms with van der Waals surface area (Å²) in [7, 11) is 0. The maximum absolute atomic E-state index is 6.31. The van der Waals surface area contributed by atoms with Crippen LogP contribution in [0.5, 0.6) is 5.75 Å². The Bertz CT molecular complexity index is 665. The van der Waals surface area contributed by atoms with Gasteiger partial charge in [-0.25, -0.2) is 10.8 Å². The average Bonchev–Trinajstić information content (AvgIpc) is 2.70. The lowest BCUT2D eigenvalue weighted by atomic mass is 10.2. The molecule has 3 N–H and O–H groups in total. The van der Waals surface area contributed by atoms with Crippen LogP contribution >= 0.6 is 23.2 Å². The Kier molecular flexibility index (Phi) is 4.05. The van der Waals surface area contributed by atoms with Crippen molar-refractivity contribution < 1.29 is 4.74 Å². The van der Waals surface area contributed by atoms with Crippen LogP contribution in [0, 0.1) is 0 Å². The summed E-state index contributed by atoms with van der Waals surface area (Å²) >= 11 is 12.4. The van der Waals surface area contributed by atoms with Crippen molar-refractivity contribution in [3.63, 3.8) is 0 Å². The molecule has 0 saturated carbocycles. The van der Waals surface area contributed by atoms with Crippen molar-refractivity contribution in [3.8, 4) is 5.75 Å². The molecule has 21 heavy (non-hydrogen) atoms. The third-order valence-corrected chi connectivity index (χ3v) is 3.81. The molecule has 110 valence electrons. The Morgan fingerprint density at radius 3 is 2.86 bits per heavy atom. The molecular formula is C14H14Cl2N4O. The lowest BCUT2D eigenvalue weighted by Gasteiger charge is -2.24. The number of fused-ring (bicyclic) bond motifs is 1. The third-order valence-electron chi connectivity index (χ3n) is 3.24. The number of nitrogens with two attached hydrogens (primary N) is 1. The smallest absolute Gasteiger partial charge is 0.161 e. The second kappa shape index (κ2) is 5.97. The molecule has 2 aromatic rings. The predicted molar refractivity (Wildman–Crippen MR) is 85.6 cm³/mol. The number of benzene rings is 1. The first-order valence-electron chi connectivity index (χ1n) is 6.52. The number of halogens is 2. The fourth-order valence-electron chi connectivity index (χ4n) is 2.29. The SMILES string of the molecule is NNc1nc(N2CCCOc3ccccc32)c(Cl)cc1Cl. The number of ether oxygens (including phenoxy) is 1. The van der Waals surface area contributed by atoms with Gasteiger partial charge in [0.1, 0.15) is 5.75 Å². The van der Waals surface area contributed by atoms with Crippen LogP contribution in [-0.2, 0) is 0 Å². The molecule has 1 aromatic carbocycles. The molecule has 0 aliphatic carbocycles. The van der Waals surface area contributed by atoms with Crippen LogP contribution in [0.15, 0.2) is 30.3 Å². The second-order valence-electron chi connectivity index (χ2n) is 4.59. The largest absolute Gasteiger partial charge is 0.491 e. The van der Waals surface area contributed by atoms with Crippen molar-refractivity contribution >= 4 is 40.5 Å². The van der Waals surface area contributed by atoms with E-state index in [4.69, 9.17) is 33.8 Å².